The summed E-state index contributed by atoms with van der Waals surface area (Å²) in [7, 11) is -1.24. The molecule has 0 fully saturated rings. The Morgan fingerprint density at radius 1 is 1.45 bits per heavy atom. The van der Waals surface area contributed by atoms with Gasteiger partial charge in [0.1, 0.15) is 9.84 Å². The number of rotatable bonds is 8. The smallest absolute Gasteiger partial charge is 0.191 e. The summed E-state index contributed by atoms with van der Waals surface area (Å²) in [6, 6.07) is 4.27. The van der Waals surface area contributed by atoms with Gasteiger partial charge in [0.15, 0.2) is 5.96 Å². The van der Waals surface area contributed by atoms with Crippen molar-refractivity contribution >= 4 is 51.1 Å². The summed E-state index contributed by atoms with van der Waals surface area (Å²) in [4.78, 5) is 5.38. The third-order valence-electron chi connectivity index (χ3n) is 2.68. The second-order valence-corrected chi connectivity index (χ2v) is 7.86. The lowest BCUT2D eigenvalue weighted by Gasteiger charge is -2.16. The molecule has 1 atom stereocenters. The highest BCUT2D eigenvalue weighted by molar-refractivity contribution is 14.0. The van der Waals surface area contributed by atoms with Gasteiger partial charge in [0.2, 0.25) is 0 Å². The SMILES string of the molecule is CN=C(NCCOCCS(C)(=O)=O)NC(C)c1cccs1.I. The normalized spacial score (nSPS) is 13.3. The highest BCUT2D eigenvalue weighted by Crippen LogP contribution is 2.17. The van der Waals surface area contributed by atoms with Crippen molar-refractivity contribution < 1.29 is 13.2 Å². The van der Waals surface area contributed by atoms with Crippen LogP contribution >= 0.6 is 35.3 Å². The molecule has 2 N–H and O–H groups in total. The van der Waals surface area contributed by atoms with Crippen LogP contribution in [0.25, 0.3) is 0 Å². The Labute approximate surface area is 153 Å². The molecule has 1 aromatic heterocycles. The molecular formula is C13H24IN3O3S2. The van der Waals surface area contributed by atoms with Crippen molar-refractivity contribution in [3.63, 3.8) is 0 Å². The van der Waals surface area contributed by atoms with Crippen LogP contribution in [0.3, 0.4) is 0 Å². The van der Waals surface area contributed by atoms with E-state index >= 15 is 0 Å². The van der Waals surface area contributed by atoms with Crippen molar-refractivity contribution in [1.29, 1.82) is 0 Å². The first-order valence-corrected chi connectivity index (χ1v) is 9.62. The highest BCUT2D eigenvalue weighted by Gasteiger charge is 2.08. The molecule has 0 aliphatic rings. The minimum atomic E-state index is -2.95. The number of halogens is 1. The average molecular weight is 461 g/mol. The van der Waals surface area contributed by atoms with Gasteiger partial charge in [-0.3, -0.25) is 4.99 Å². The van der Waals surface area contributed by atoms with Gasteiger partial charge in [0, 0.05) is 24.7 Å². The van der Waals surface area contributed by atoms with E-state index in [1.807, 2.05) is 11.4 Å². The van der Waals surface area contributed by atoms with Gasteiger partial charge in [-0.05, 0) is 18.4 Å². The maximum absolute atomic E-state index is 10.9. The Kier molecular flexibility index (Phi) is 11.0. The number of sulfone groups is 1. The number of hydrogen-bond donors (Lipinski definition) is 2. The Morgan fingerprint density at radius 3 is 2.73 bits per heavy atom. The van der Waals surface area contributed by atoms with E-state index in [0.717, 1.165) is 0 Å². The number of aliphatic imine (C=N–C) groups is 1. The van der Waals surface area contributed by atoms with E-state index in [2.05, 4.69) is 28.6 Å². The van der Waals surface area contributed by atoms with Crippen molar-refractivity contribution in [3.05, 3.63) is 22.4 Å². The first-order chi connectivity index (χ1) is 9.92. The fourth-order valence-electron chi connectivity index (χ4n) is 1.56. The summed E-state index contributed by atoms with van der Waals surface area (Å²) in [6.45, 7) is 3.30. The van der Waals surface area contributed by atoms with Crippen molar-refractivity contribution in [1.82, 2.24) is 10.6 Å². The molecule has 1 aromatic rings. The fraction of sp³-hybridized carbons (Fsp3) is 0.615. The molecule has 1 rings (SSSR count). The van der Waals surface area contributed by atoms with Gasteiger partial charge in [-0.15, -0.1) is 35.3 Å². The first kappa shape index (κ1) is 21.6. The summed E-state index contributed by atoms with van der Waals surface area (Å²) < 4.78 is 27.1. The Bertz CT molecular complexity index is 533. The van der Waals surface area contributed by atoms with Crippen LogP contribution in [0.5, 0.6) is 0 Å². The number of ether oxygens (including phenoxy) is 1. The molecule has 0 bridgehead atoms. The maximum Gasteiger partial charge on any atom is 0.191 e. The Hall–Kier alpha value is -0.390. The lowest BCUT2D eigenvalue weighted by Crippen LogP contribution is -2.40. The molecule has 0 aliphatic heterocycles. The molecule has 1 unspecified atom stereocenters. The van der Waals surface area contributed by atoms with E-state index in [9.17, 15) is 8.42 Å². The largest absolute Gasteiger partial charge is 0.379 e. The molecule has 0 aliphatic carbocycles. The molecular weight excluding hydrogens is 437 g/mol. The summed E-state index contributed by atoms with van der Waals surface area (Å²) in [6.07, 6.45) is 1.20. The van der Waals surface area contributed by atoms with E-state index < -0.39 is 9.84 Å². The second-order valence-electron chi connectivity index (χ2n) is 4.62. The molecule has 6 nitrogen and oxygen atoms in total. The van der Waals surface area contributed by atoms with Gasteiger partial charge in [0.05, 0.1) is 25.0 Å². The fourth-order valence-corrected chi connectivity index (χ4v) is 2.72. The van der Waals surface area contributed by atoms with Gasteiger partial charge >= 0.3 is 0 Å². The van der Waals surface area contributed by atoms with Crippen molar-refractivity contribution in [2.45, 2.75) is 13.0 Å². The lowest BCUT2D eigenvalue weighted by atomic mass is 10.3. The number of nitrogens with one attached hydrogen (secondary N) is 2. The van der Waals surface area contributed by atoms with Crippen molar-refractivity contribution in [2.75, 3.05) is 38.8 Å². The second kappa shape index (κ2) is 11.2. The average Bonchev–Trinajstić information content (AvgIpc) is 2.94. The van der Waals surface area contributed by atoms with Gasteiger partial charge in [-0.1, -0.05) is 6.07 Å². The minimum Gasteiger partial charge on any atom is -0.379 e. The van der Waals surface area contributed by atoms with Gasteiger partial charge in [-0.25, -0.2) is 8.42 Å². The summed E-state index contributed by atoms with van der Waals surface area (Å²) in [5.41, 5.74) is 0. The van der Waals surface area contributed by atoms with Gasteiger partial charge in [-0.2, -0.15) is 0 Å². The number of nitrogens with zero attached hydrogens (tertiary/aromatic N) is 1. The van der Waals surface area contributed by atoms with Crippen LogP contribution in [0.2, 0.25) is 0 Å². The minimum absolute atomic E-state index is 0. The van der Waals surface area contributed by atoms with Crippen LogP contribution < -0.4 is 10.6 Å². The van der Waals surface area contributed by atoms with Crippen LogP contribution in [0.1, 0.15) is 17.8 Å². The van der Waals surface area contributed by atoms with Gasteiger partial charge in [0.25, 0.3) is 0 Å². The summed E-state index contributed by atoms with van der Waals surface area (Å²) in [5.74, 6) is 0.748. The quantitative estimate of drug-likeness (QED) is 0.267. The van der Waals surface area contributed by atoms with E-state index in [4.69, 9.17) is 4.74 Å². The standard InChI is InChI=1S/C13H23N3O3S2.HI/c1-11(12-5-4-9-20-12)16-13(14-2)15-6-7-19-8-10-21(3,17)18;/h4-5,9,11H,6-8,10H2,1-3H3,(H2,14,15,16);1H. The van der Waals surface area contributed by atoms with Crippen molar-refractivity contribution in [3.8, 4) is 0 Å². The molecule has 9 heteroatoms. The molecule has 0 saturated carbocycles. The number of guanidine groups is 1. The molecule has 0 spiro atoms. The monoisotopic (exact) mass is 461 g/mol. The number of hydrogen-bond acceptors (Lipinski definition) is 5. The zero-order chi connectivity index (χ0) is 15.7. The highest BCUT2D eigenvalue weighted by atomic mass is 127. The Balaban J connectivity index is 0.00000441. The molecule has 128 valence electrons. The van der Waals surface area contributed by atoms with E-state index in [-0.39, 0.29) is 42.4 Å². The van der Waals surface area contributed by atoms with E-state index in [1.54, 1.807) is 18.4 Å². The molecule has 0 saturated heterocycles. The third kappa shape index (κ3) is 9.59. The molecule has 1 heterocycles. The zero-order valence-corrected chi connectivity index (χ0v) is 17.0. The van der Waals surface area contributed by atoms with Crippen molar-refractivity contribution in [2.24, 2.45) is 4.99 Å². The number of thiophene rings is 1. The van der Waals surface area contributed by atoms with Crippen LogP contribution in [0.15, 0.2) is 22.5 Å². The molecule has 22 heavy (non-hydrogen) atoms. The van der Waals surface area contributed by atoms with Crippen LogP contribution in [0.4, 0.5) is 0 Å². The summed E-state index contributed by atoms with van der Waals surface area (Å²) in [5, 5.41) is 8.45. The maximum atomic E-state index is 10.9. The summed E-state index contributed by atoms with van der Waals surface area (Å²) >= 11 is 1.69. The topological polar surface area (TPSA) is 79.8 Å². The van der Waals surface area contributed by atoms with E-state index in [0.29, 0.717) is 19.1 Å². The predicted molar refractivity (Wildman–Crippen MR) is 103 cm³/mol. The predicted octanol–water partition coefficient (Wildman–Crippen LogP) is 1.65. The molecule has 0 aromatic carbocycles. The Morgan fingerprint density at radius 2 is 2.18 bits per heavy atom. The van der Waals surface area contributed by atoms with Gasteiger partial charge < -0.3 is 15.4 Å². The zero-order valence-electron chi connectivity index (χ0n) is 13.0. The van der Waals surface area contributed by atoms with Crippen LogP contribution in [-0.4, -0.2) is 53.2 Å². The van der Waals surface area contributed by atoms with E-state index in [1.165, 1.54) is 11.1 Å². The lowest BCUT2D eigenvalue weighted by molar-refractivity contribution is 0.154. The molecule has 0 radical (unpaired) electrons. The third-order valence-corrected chi connectivity index (χ3v) is 4.65. The van der Waals surface area contributed by atoms with Crippen LogP contribution in [0, 0.1) is 0 Å². The molecule has 0 amide bonds. The van der Waals surface area contributed by atoms with Crippen LogP contribution in [-0.2, 0) is 14.6 Å². The first-order valence-electron chi connectivity index (χ1n) is 6.68.